The number of nitrogens with one attached hydrogen (secondary N) is 3. The van der Waals surface area contributed by atoms with E-state index in [2.05, 4.69) is 20.8 Å². The number of halogens is 1. The van der Waals surface area contributed by atoms with Crippen molar-refractivity contribution >= 4 is 57.7 Å². The molecule has 6 aliphatic rings. The highest BCUT2D eigenvalue weighted by molar-refractivity contribution is 8.13. The molecule has 492 valence electrons. The van der Waals surface area contributed by atoms with Gasteiger partial charge >= 0.3 is 12.2 Å². The number of sulfonamides is 2. The van der Waals surface area contributed by atoms with Gasteiger partial charge in [-0.15, -0.1) is 0 Å². The van der Waals surface area contributed by atoms with E-state index < -0.39 is 40.3 Å². The van der Waals surface area contributed by atoms with Gasteiger partial charge in [0.2, 0.25) is 20.0 Å². The van der Waals surface area contributed by atoms with E-state index in [9.17, 15) is 34.8 Å². The molecule has 6 atom stereocenters. The number of nitriles is 4. The van der Waals surface area contributed by atoms with E-state index in [-0.39, 0.29) is 74.5 Å². The lowest BCUT2D eigenvalue weighted by atomic mass is 9.85. The second-order valence-electron chi connectivity index (χ2n) is 26.8. The topological polar surface area (TPSA) is 345 Å². The standard InChI is InChI=1S/C21H29N3O4S.C16H21N3O2S.C13H24N2O2.C8H6ClNO2S.C8H8N2/c1-20(2,3)28-19(25)24-12-10-21(15-24)9-7-17(14-21)23-29(26,27)18-6-4-5-16(13-18)8-11-22;17-8-5-13-2-1-3-15(10-13)22(20,21)19-14-4-6-16(11-14)7-9-18-12-16;1-12(2,3)17-11(16)15-7-6-13(9-15)5-4-10(14)8-13;9-13(11,12)8-3-1-2-7(6-8)4-5-10;9-5-4-7-2-1-3-8(10)6-7/h4-6,13,17,23H,7-10,12,14-15H2,1-3H3;1-3,10,14,18-19H,4-7,9,11-12H2;10H,4-9,14H2,1-3H3;1-3,6H,4H2;1-3,6H,4,10H2. The fourth-order valence-electron chi connectivity index (χ4n) is 12.7. The summed E-state index contributed by atoms with van der Waals surface area (Å²) >= 11 is 0. The maximum atomic E-state index is 12.8. The van der Waals surface area contributed by atoms with E-state index >= 15 is 0 Å². The number of rotatable bonds is 11. The molecule has 10 rings (SSSR count). The average molecular weight is 1330 g/mol. The molecule has 0 bridgehead atoms. The molecule has 4 aromatic carbocycles. The van der Waals surface area contributed by atoms with Crippen LogP contribution in [0.3, 0.4) is 0 Å². The molecule has 0 aromatic heterocycles. The molecular weight excluding hydrogens is 1240 g/mol. The van der Waals surface area contributed by atoms with Gasteiger partial charge in [-0.1, -0.05) is 48.5 Å². The van der Waals surface area contributed by atoms with Crippen molar-refractivity contribution in [2.75, 3.05) is 45.0 Å². The predicted molar refractivity (Wildman–Crippen MR) is 348 cm³/mol. The zero-order valence-electron chi connectivity index (χ0n) is 53.0. The van der Waals surface area contributed by atoms with Gasteiger partial charge in [0.1, 0.15) is 11.2 Å². The van der Waals surface area contributed by atoms with Crippen molar-refractivity contribution in [1.82, 2.24) is 24.6 Å². The van der Waals surface area contributed by atoms with E-state index in [1.54, 1.807) is 71.6 Å². The number of ether oxygens (including phenoxy) is 2. The lowest BCUT2D eigenvalue weighted by molar-refractivity contribution is 0.0263. The van der Waals surface area contributed by atoms with E-state index in [0.717, 1.165) is 108 Å². The van der Waals surface area contributed by atoms with E-state index in [1.165, 1.54) is 12.1 Å². The molecule has 3 aliphatic carbocycles. The summed E-state index contributed by atoms with van der Waals surface area (Å²) in [4.78, 5) is 28.4. The molecule has 3 spiro atoms. The summed E-state index contributed by atoms with van der Waals surface area (Å²) in [5, 5.41) is 37.7. The molecule has 6 unspecified atom stereocenters. The number of nitrogens with zero attached hydrogens (tertiary/aromatic N) is 6. The van der Waals surface area contributed by atoms with Gasteiger partial charge in [-0.3, -0.25) is 0 Å². The zero-order chi connectivity index (χ0) is 66.9. The molecule has 4 aromatic rings. The van der Waals surface area contributed by atoms with E-state index in [4.69, 9.17) is 52.7 Å². The third-order valence-corrected chi connectivity index (χ3v) is 21.4. The van der Waals surface area contributed by atoms with Crippen LogP contribution in [-0.2, 0) is 64.3 Å². The molecule has 3 saturated carbocycles. The summed E-state index contributed by atoms with van der Waals surface area (Å²) in [6.45, 7) is 16.2. The number of anilines is 1. The number of likely N-dealkylation sites (tertiary alicyclic amines) is 2. The fourth-order valence-corrected chi connectivity index (χ4v) is 16.2. The number of nitrogens with two attached hydrogens (primary N) is 2. The Hall–Kier alpha value is -6.84. The Labute approximate surface area is 543 Å². The monoisotopic (exact) mass is 1330 g/mol. The SMILES string of the molecule is CC(C)(C)OC(=O)N1CCC2(CCC(N)C2)C1.CC(C)(C)OC(=O)N1CCC2(CCC(NS(=O)(=O)c3cccc(CC#N)c3)C2)C1.N#CCc1cccc(N)c1.N#CCc1cccc(S(=O)(=O)Cl)c1.N#CCc1cccc(S(=O)(=O)NC2CCC3(CCNC3)C2)c1. The Kier molecular flexibility index (Phi) is 25.5. The van der Waals surface area contributed by atoms with Crippen molar-refractivity contribution in [3.8, 4) is 24.3 Å². The Morgan fingerprint density at radius 2 is 0.956 bits per heavy atom. The van der Waals surface area contributed by atoms with Crippen LogP contribution >= 0.6 is 10.7 Å². The first kappa shape index (κ1) is 73.2. The molecule has 3 heterocycles. The zero-order valence-corrected chi connectivity index (χ0v) is 56.3. The van der Waals surface area contributed by atoms with Crippen molar-refractivity contribution in [2.45, 2.75) is 188 Å². The highest BCUT2D eigenvalue weighted by atomic mass is 35.7. The second kappa shape index (κ2) is 31.7. The molecule has 3 aliphatic heterocycles. The lowest BCUT2D eigenvalue weighted by Gasteiger charge is -2.27. The van der Waals surface area contributed by atoms with Crippen LogP contribution in [0.4, 0.5) is 15.3 Å². The first-order chi connectivity index (χ1) is 42.7. The number of nitrogen functional groups attached to an aromatic ring is 1. The summed E-state index contributed by atoms with van der Waals surface area (Å²) < 4.78 is 89.0. The minimum absolute atomic E-state index is 0.0181. The van der Waals surface area contributed by atoms with Crippen molar-refractivity contribution in [3.05, 3.63) is 119 Å². The summed E-state index contributed by atoms with van der Waals surface area (Å²) in [6, 6.07) is 34.8. The Balaban J connectivity index is 0.000000189. The maximum absolute atomic E-state index is 12.8. The van der Waals surface area contributed by atoms with Crippen LogP contribution in [0.1, 0.15) is 141 Å². The van der Waals surface area contributed by atoms with Crippen molar-refractivity contribution in [2.24, 2.45) is 22.0 Å². The predicted octanol–water partition coefficient (Wildman–Crippen LogP) is 9.91. The first-order valence-corrected chi connectivity index (χ1v) is 36.0. The normalized spacial score (nSPS) is 23.4. The first-order valence-electron chi connectivity index (χ1n) is 30.7. The van der Waals surface area contributed by atoms with Crippen molar-refractivity contribution in [1.29, 1.82) is 21.0 Å². The van der Waals surface area contributed by atoms with Crippen molar-refractivity contribution in [3.63, 3.8) is 0 Å². The largest absolute Gasteiger partial charge is 0.444 e. The van der Waals surface area contributed by atoms with Gasteiger partial charge in [-0.25, -0.2) is 44.3 Å². The summed E-state index contributed by atoms with van der Waals surface area (Å²) in [5.74, 6) is 0. The van der Waals surface area contributed by atoms with E-state index in [1.807, 2.05) is 82.8 Å². The highest BCUT2D eigenvalue weighted by Crippen LogP contribution is 2.47. The Bertz CT molecular complexity index is 3700. The van der Waals surface area contributed by atoms with Crippen LogP contribution in [0, 0.1) is 61.6 Å². The second-order valence-corrected chi connectivity index (χ2v) is 32.8. The van der Waals surface area contributed by atoms with Crippen molar-refractivity contribution < 1.29 is 44.3 Å². The summed E-state index contributed by atoms with van der Waals surface area (Å²) in [5.41, 5.74) is 14.8. The number of hydrogen-bond donors (Lipinski definition) is 5. The van der Waals surface area contributed by atoms with Crippen LogP contribution in [0.5, 0.6) is 0 Å². The minimum Gasteiger partial charge on any atom is -0.444 e. The van der Waals surface area contributed by atoms with Crippen LogP contribution < -0.4 is 26.2 Å². The minimum atomic E-state index is -3.68. The molecule has 3 saturated heterocycles. The number of carbonyl (C=O) groups excluding carboxylic acids is 2. The molecule has 91 heavy (non-hydrogen) atoms. The molecule has 7 N–H and O–H groups in total. The third kappa shape index (κ3) is 22.8. The van der Waals surface area contributed by atoms with Gasteiger partial charge in [0, 0.05) is 67.2 Å². The van der Waals surface area contributed by atoms with Crippen LogP contribution in [-0.4, -0.2) is 116 Å². The lowest BCUT2D eigenvalue weighted by Crippen LogP contribution is -2.37. The van der Waals surface area contributed by atoms with Crippen LogP contribution in [0.2, 0.25) is 0 Å². The Morgan fingerprint density at radius 1 is 0.571 bits per heavy atom. The van der Waals surface area contributed by atoms with Gasteiger partial charge in [0.15, 0.2) is 0 Å². The maximum Gasteiger partial charge on any atom is 0.410 e. The number of benzene rings is 4. The van der Waals surface area contributed by atoms with Gasteiger partial charge in [-0.2, -0.15) is 21.0 Å². The van der Waals surface area contributed by atoms with E-state index in [0.29, 0.717) is 48.8 Å². The third-order valence-electron chi connectivity index (χ3n) is 17.0. The number of hydrogen-bond acceptors (Lipinski definition) is 17. The van der Waals surface area contributed by atoms with Gasteiger partial charge < -0.3 is 36.1 Å². The Morgan fingerprint density at radius 3 is 1.34 bits per heavy atom. The summed E-state index contributed by atoms with van der Waals surface area (Å²) in [6.07, 6.45) is 12.2. The molecule has 6 fully saturated rings. The number of amides is 2. The molecule has 2 amide bonds. The molecule has 21 nitrogen and oxygen atoms in total. The quantitative estimate of drug-likeness (QED) is 0.0688. The molecular formula is C66H88ClN11O10S3. The fraction of sp³-hybridized carbons (Fsp3) is 0.545. The molecule has 25 heteroatoms. The number of carbonyl (C=O) groups is 2. The molecule has 0 radical (unpaired) electrons. The van der Waals surface area contributed by atoms with Gasteiger partial charge in [-0.05, 0) is 212 Å². The average Bonchev–Trinajstić information content (AvgIpc) is 1.69. The van der Waals surface area contributed by atoms with Gasteiger partial charge in [0.25, 0.3) is 9.05 Å². The smallest absolute Gasteiger partial charge is 0.410 e. The summed E-state index contributed by atoms with van der Waals surface area (Å²) in [7, 11) is -5.72. The highest BCUT2D eigenvalue weighted by Gasteiger charge is 2.48. The van der Waals surface area contributed by atoms with Gasteiger partial charge in [0.05, 0.1) is 64.6 Å². The van der Waals surface area contributed by atoms with Crippen LogP contribution in [0.15, 0.2) is 112 Å². The van der Waals surface area contributed by atoms with Crippen LogP contribution in [0.25, 0.3) is 0 Å².